The number of nitrogens with zero attached hydrogens (tertiary/aromatic N) is 3. The molecule has 3 fully saturated rings. The number of thiol groups is 1. The zero-order valence-electron chi connectivity index (χ0n) is 22.7. The average molecular weight is 528 g/mol. The van der Waals surface area contributed by atoms with Crippen LogP contribution in [0.25, 0.3) is 10.9 Å². The molecule has 7 nitrogen and oxygen atoms in total. The third kappa shape index (κ3) is 6.31. The molecule has 0 unspecified atom stereocenters. The SMILES string of the molecule is CC(C)=C1CCC(N2CCC(n3c(CCNN[SH](=O)=O)c(CN4CCCC4)c4ccccc43)CC2)CC1. The number of allylic oxidation sites excluding steroid dienone is 2. The maximum atomic E-state index is 11.0. The van der Waals surface area contributed by atoms with Gasteiger partial charge in [0.1, 0.15) is 0 Å². The summed E-state index contributed by atoms with van der Waals surface area (Å²) in [5, 5.41) is 1.37. The van der Waals surface area contributed by atoms with E-state index in [4.69, 9.17) is 0 Å². The van der Waals surface area contributed by atoms with Gasteiger partial charge >= 0.3 is 0 Å². The molecule has 0 radical (unpaired) electrons. The Morgan fingerprint density at radius 2 is 1.65 bits per heavy atom. The van der Waals surface area contributed by atoms with Gasteiger partial charge in [-0.1, -0.05) is 29.3 Å². The van der Waals surface area contributed by atoms with Crippen LogP contribution in [-0.4, -0.2) is 61.6 Å². The van der Waals surface area contributed by atoms with Crippen molar-refractivity contribution >= 4 is 21.8 Å². The lowest BCUT2D eigenvalue weighted by Crippen LogP contribution is -2.43. The lowest BCUT2D eigenvalue weighted by Gasteiger charge is -2.41. The van der Waals surface area contributed by atoms with Crippen molar-refractivity contribution in [3.8, 4) is 0 Å². The van der Waals surface area contributed by atoms with Crippen molar-refractivity contribution in [2.75, 3.05) is 32.7 Å². The van der Waals surface area contributed by atoms with Crippen LogP contribution in [0.5, 0.6) is 0 Å². The van der Waals surface area contributed by atoms with E-state index in [0.29, 0.717) is 12.6 Å². The second-order valence-electron chi connectivity index (χ2n) is 11.4. The summed E-state index contributed by atoms with van der Waals surface area (Å²) in [7, 11) is -2.64. The van der Waals surface area contributed by atoms with Crippen LogP contribution in [0.15, 0.2) is 35.4 Å². The van der Waals surface area contributed by atoms with Gasteiger partial charge in [-0.25, -0.2) is 13.8 Å². The van der Waals surface area contributed by atoms with Crippen molar-refractivity contribution in [1.29, 1.82) is 0 Å². The fourth-order valence-corrected chi connectivity index (χ4v) is 7.28. The van der Waals surface area contributed by atoms with Gasteiger partial charge in [-0.15, -0.1) is 0 Å². The predicted octanol–water partition coefficient (Wildman–Crippen LogP) is 4.32. The van der Waals surface area contributed by atoms with Gasteiger partial charge in [0.05, 0.1) is 0 Å². The summed E-state index contributed by atoms with van der Waals surface area (Å²) in [6, 6.07) is 10.1. The molecule has 2 saturated heterocycles. The normalized spacial score (nSPS) is 22.5. The molecule has 1 saturated carbocycles. The van der Waals surface area contributed by atoms with E-state index in [9.17, 15) is 8.42 Å². The lowest BCUT2D eigenvalue weighted by molar-refractivity contribution is 0.116. The standard InChI is InChI=1S/C29H45N5O2S/c1-22(2)23-9-11-24(12-10-23)33-19-14-25(15-20-33)34-28-8-4-3-7-26(28)27(21-32-17-5-6-18-32)29(34)13-16-30-31-37(35)36/h3-4,7-8,24-25,30,37H,5-6,9-21H2,1-2H3,(H,31,35,36). The Labute approximate surface area is 224 Å². The largest absolute Gasteiger partial charge is 0.341 e. The fraction of sp³-hybridized carbons (Fsp3) is 0.655. The second-order valence-corrected chi connectivity index (χ2v) is 12.2. The van der Waals surface area contributed by atoms with E-state index in [2.05, 4.69) is 62.7 Å². The zero-order chi connectivity index (χ0) is 25.8. The highest BCUT2D eigenvalue weighted by molar-refractivity contribution is 7.70. The molecule has 37 heavy (non-hydrogen) atoms. The van der Waals surface area contributed by atoms with Gasteiger partial charge in [0.2, 0.25) is 10.9 Å². The van der Waals surface area contributed by atoms with Crippen molar-refractivity contribution in [2.45, 2.75) is 90.3 Å². The Morgan fingerprint density at radius 3 is 2.32 bits per heavy atom. The van der Waals surface area contributed by atoms with E-state index in [1.165, 1.54) is 105 Å². The van der Waals surface area contributed by atoms with E-state index in [0.717, 1.165) is 19.0 Å². The molecule has 8 heteroatoms. The molecular weight excluding hydrogens is 482 g/mol. The maximum Gasteiger partial charge on any atom is 0.214 e. The molecule has 3 aliphatic rings. The van der Waals surface area contributed by atoms with Crippen molar-refractivity contribution in [3.05, 3.63) is 46.7 Å². The van der Waals surface area contributed by atoms with Crippen LogP contribution in [0.1, 0.15) is 82.5 Å². The minimum atomic E-state index is -2.64. The summed E-state index contributed by atoms with van der Waals surface area (Å²) in [5.41, 5.74) is 10.3. The van der Waals surface area contributed by atoms with Gasteiger partial charge in [0.15, 0.2) is 0 Å². The Morgan fingerprint density at radius 1 is 0.946 bits per heavy atom. The third-order valence-electron chi connectivity index (χ3n) is 9.01. The molecule has 2 N–H and O–H groups in total. The second kappa shape index (κ2) is 12.4. The highest BCUT2D eigenvalue weighted by Gasteiger charge is 2.31. The number of rotatable bonds is 9. The predicted molar refractivity (Wildman–Crippen MR) is 152 cm³/mol. The van der Waals surface area contributed by atoms with Crippen molar-refractivity contribution in [3.63, 3.8) is 0 Å². The van der Waals surface area contributed by atoms with Crippen molar-refractivity contribution in [1.82, 2.24) is 24.6 Å². The van der Waals surface area contributed by atoms with Crippen LogP contribution >= 0.6 is 0 Å². The summed E-state index contributed by atoms with van der Waals surface area (Å²) < 4.78 is 24.7. The molecule has 2 aromatic rings. The molecule has 1 aliphatic carbocycles. The minimum Gasteiger partial charge on any atom is -0.341 e. The fourth-order valence-electron chi connectivity index (χ4n) is 7.04. The molecule has 1 aromatic carbocycles. The van der Waals surface area contributed by atoms with E-state index in [1.807, 2.05) is 0 Å². The van der Waals surface area contributed by atoms with Gasteiger partial charge < -0.3 is 9.47 Å². The summed E-state index contributed by atoms with van der Waals surface area (Å²) in [6.45, 7) is 10.8. The average Bonchev–Trinajstić information content (AvgIpc) is 3.53. The maximum absolute atomic E-state index is 11.0. The Hall–Kier alpha value is -1.71. The molecule has 0 amide bonds. The number of hydrazine groups is 1. The number of likely N-dealkylation sites (tertiary alicyclic amines) is 2. The Bertz CT molecular complexity index is 1150. The summed E-state index contributed by atoms with van der Waals surface area (Å²) >= 11 is 0. The van der Waals surface area contributed by atoms with Gasteiger partial charge in [-0.3, -0.25) is 4.90 Å². The molecule has 1 aromatic heterocycles. The van der Waals surface area contributed by atoms with Gasteiger partial charge in [-0.05, 0) is 89.9 Å². The first-order chi connectivity index (χ1) is 18.0. The highest BCUT2D eigenvalue weighted by atomic mass is 32.2. The molecule has 0 bridgehead atoms. The number of hydrogen-bond acceptors (Lipinski definition) is 5. The Balaban J connectivity index is 1.36. The summed E-state index contributed by atoms with van der Waals surface area (Å²) in [6.07, 6.45) is 10.9. The number of piperidine rings is 1. The first kappa shape index (κ1) is 26.9. The number of nitrogens with one attached hydrogen (secondary N) is 2. The van der Waals surface area contributed by atoms with E-state index < -0.39 is 10.9 Å². The number of benzene rings is 1. The molecule has 3 heterocycles. The number of para-hydroxylation sites is 1. The van der Waals surface area contributed by atoms with Crippen molar-refractivity contribution < 1.29 is 8.42 Å². The molecular formula is C29H45N5O2S. The van der Waals surface area contributed by atoms with Crippen molar-refractivity contribution in [2.24, 2.45) is 0 Å². The molecule has 2 aliphatic heterocycles. The van der Waals surface area contributed by atoms with Gasteiger partial charge in [0, 0.05) is 61.3 Å². The zero-order valence-corrected chi connectivity index (χ0v) is 23.6. The van der Waals surface area contributed by atoms with Crippen LogP contribution < -0.4 is 10.3 Å². The molecule has 0 atom stereocenters. The summed E-state index contributed by atoms with van der Waals surface area (Å²) in [4.78, 5) is 7.72. The van der Waals surface area contributed by atoms with Crippen LogP contribution in [0.4, 0.5) is 0 Å². The summed E-state index contributed by atoms with van der Waals surface area (Å²) in [5.74, 6) is 0. The van der Waals surface area contributed by atoms with Crippen LogP contribution in [0.2, 0.25) is 0 Å². The van der Waals surface area contributed by atoms with E-state index >= 15 is 0 Å². The van der Waals surface area contributed by atoms with E-state index in [1.54, 1.807) is 5.57 Å². The number of aromatic nitrogens is 1. The molecule has 204 valence electrons. The lowest BCUT2D eigenvalue weighted by atomic mass is 9.86. The number of fused-ring (bicyclic) bond motifs is 1. The minimum absolute atomic E-state index is 0.490. The van der Waals surface area contributed by atoms with Gasteiger partial charge in [0.25, 0.3) is 0 Å². The topological polar surface area (TPSA) is 69.6 Å². The monoisotopic (exact) mass is 527 g/mol. The van der Waals surface area contributed by atoms with Crippen LogP contribution in [-0.2, 0) is 23.9 Å². The first-order valence-electron chi connectivity index (χ1n) is 14.4. The molecule has 0 spiro atoms. The Kier molecular flexibility index (Phi) is 9.03. The quantitative estimate of drug-likeness (QED) is 0.196. The van der Waals surface area contributed by atoms with Crippen LogP contribution in [0.3, 0.4) is 0 Å². The molecule has 5 rings (SSSR count). The number of hydrogen-bond donors (Lipinski definition) is 3. The smallest absolute Gasteiger partial charge is 0.214 e. The van der Waals surface area contributed by atoms with E-state index in [-0.39, 0.29) is 0 Å². The highest BCUT2D eigenvalue weighted by Crippen LogP contribution is 2.37. The third-order valence-corrected chi connectivity index (χ3v) is 9.35. The first-order valence-corrected chi connectivity index (χ1v) is 15.5. The van der Waals surface area contributed by atoms with Gasteiger partial charge in [-0.2, -0.15) is 4.83 Å². The van der Waals surface area contributed by atoms with Crippen LogP contribution in [0, 0.1) is 0 Å².